The predicted molar refractivity (Wildman–Crippen MR) is 99.9 cm³/mol. The first-order chi connectivity index (χ1) is 12.5. The van der Waals surface area contributed by atoms with Gasteiger partial charge in [-0.2, -0.15) is 5.26 Å². The molecule has 1 unspecified atom stereocenters. The summed E-state index contributed by atoms with van der Waals surface area (Å²) < 4.78 is 2.63. The molecule has 134 valence electrons. The van der Waals surface area contributed by atoms with Crippen LogP contribution in [0.15, 0.2) is 39.9 Å². The van der Waals surface area contributed by atoms with E-state index in [0.29, 0.717) is 17.9 Å². The summed E-state index contributed by atoms with van der Waals surface area (Å²) in [6.07, 6.45) is 3.27. The molecule has 26 heavy (non-hydrogen) atoms. The van der Waals surface area contributed by atoms with Crippen molar-refractivity contribution in [1.82, 2.24) is 9.13 Å². The highest BCUT2D eigenvalue weighted by molar-refractivity contribution is 5.59. The lowest BCUT2D eigenvalue weighted by atomic mass is 9.99. The van der Waals surface area contributed by atoms with E-state index in [4.69, 9.17) is 5.41 Å². The van der Waals surface area contributed by atoms with E-state index >= 15 is 0 Å². The Labute approximate surface area is 151 Å². The summed E-state index contributed by atoms with van der Waals surface area (Å²) in [6.45, 7) is 1.56. The van der Waals surface area contributed by atoms with Crippen LogP contribution in [0.1, 0.15) is 24.0 Å². The number of nitrogens with zero attached hydrogens (tertiary/aromatic N) is 4. The molecule has 1 fully saturated rings. The lowest BCUT2D eigenvalue weighted by Gasteiger charge is -2.34. The van der Waals surface area contributed by atoms with Crippen molar-refractivity contribution in [3.05, 3.63) is 62.3 Å². The van der Waals surface area contributed by atoms with E-state index in [2.05, 4.69) is 6.07 Å². The first-order valence-electron chi connectivity index (χ1n) is 8.59. The second-order valence-electron chi connectivity index (χ2n) is 6.55. The summed E-state index contributed by atoms with van der Waals surface area (Å²) in [6, 6.07) is 10.8. The number of anilines is 1. The predicted octanol–water partition coefficient (Wildman–Crippen LogP) is 1.33. The van der Waals surface area contributed by atoms with Crippen molar-refractivity contribution in [2.24, 2.45) is 13.0 Å². The molecule has 1 aromatic carbocycles. The molecule has 7 heteroatoms. The molecule has 0 spiro atoms. The van der Waals surface area contributed by atoms with Crippen LogP contribution in [0.3, 0.4) is 0 Å². The van der Waals surface area contributed by atoms with Crippen molar-refractivity contribution in [1.29, 1.82) is 10.7 Å². The van der Waals surface area contributed by atoms with Crippen LogP contribution < -0.4 is 16.1 Å². The number of nitriles is 1. The van der Waals surface area contributed by atoms with Crippen LogP contribution in [-0.4, -0.2) is 28.4 Å². The number of benzene rings is 1. The number of piperidine rings is 1. The average molecular weight is 351 g/mol. The van der Waals surface area contributed by atoms with Gasteiger partial charge in [0.2, 0.25) is 0 Å². The molecule has 1 atom stereocenters. The number of hydrogen-bond acceptors (Lipinski definition) is 5. The zero-order valence-electron chi connectivity index (χ0n) is 14.7. The minimum absolute atomic E-state index is 0.114. The monoisotopic (exact) mass is 351 g/mol. The minimum Gasteiger partial charge on any atom is -0.357 e. The van der Waals surface area contributed by atoms with Crippen LogP contribution in [0, 0.1) is 22.7 Å². The van der Waals surface area contributed by atoms with E-state index < -0.39 is 5.69 Å². The maximum atomic E-state index is 12.8. The van der Waals surface area contributed by atoms with E-state index in [0.717, 1.165) is 29.5 Å². The van der Waals surface area contributed by atoms with Crippen molar-refractivity contribution < 1.29 is 0 Å². The first-order valence-corrected chi connectivity index (χ1v) is 8.59. The lowest BCUT2D eigenvalue weighted by Crippen LogP contribution is -2.44. The maximum Gasteiger partial charge on any atom is 0.332 e. The Balaban J connectivity index is 2.10. The molecule has 0 amide bonds. The van der Waals surface area contributed by atoms with Gasteiger partial charge < -0.3 is 10.3 Å². The Hall–Kier alpha value is -3.14. The summed E-state index contributed by atoms with van der Waals surface area (Å²) in [4.78, 5) is 27.0. The van der Waals surface area contributed by atoms with Crippen molar-refractivity contribution in [3.8, 4) is 6.07 Å². The Kier molecular flexibility index (Phi) is 5.03. The Morgan fingerprint density at radius 1 is 1.35 bits per heavy atom. The molecule has 3 rings (SSSR count). The van der Waals surface area contributed by atoms with Gasteiger partial charge in [-0.25, -0.2) is 4.79 Å². The molecule has 1 aliphatic rings. The van der Waals surface area contributed by atoms with Crippen molar-refractivity contribution in [2.45, 2.75) is 19.4 Å². The molecule has 2 aromatic rings. The topological polar surface area (TPSA) is 94.9 Å². The Morgan fingerprint density at radius 3 is 2.85 bits per heavy atom. The quantitative estimate of drug-likeness (QED) is 0.841. The number of hydrogen-bond donors (Lipinski definition) is 1. The van der Waals surface area contributed by atoms with Crippen LogP contribution in [0.25, 0.3) is 0 Å². The van der Waals surface area contributed by atoms with Gasteiger partial charge >= 0.3 is 5.69 Å². The fourth-order valence-corrected chi connectivity index (χ4v) is 3.36. The van der Waals surface area contributed by atoms with E-state index in [9.17, 15) is 14.9 Å². The fourth-order valence-electron chi connectivity index (χ4n) is 3.36. The number of nitrogens with one attached hydrogen (secondary N) is 1. The van der Waals surface area contributed by atoms with Gasteiger partial charge in [-0.3, -0.25) is 13.9 Å². The number of aromatic nitrogens is 2. The van der Waals surface area contributed by atoms with Gasteiger partial charge in [-0.1, -0.05) is 18.2 Å². The molecule has 1 aliphatic heterocycles. The summed E-state index contributed by atoms with van der Waals surface area (Å²) in [5.74, 6) is 0.667. The molecule has 0 bridgehead atoms. The molecule has 0 radical (unpaired) electrons. The fraction of sp³-hybridized carbons (Fsp3) is 0.368. The van der Waals surface area contributed by atoms with E-state index in [1.54, 1.807) is 16.7 Å². The molecule has 7 nitrogen and oxygen atoms in total. The highest BCUT2D eigenvalue weighted by Crippen LogP contribution is 2.21. The minimum atomic E-state index is -0.405. The van der Waals surface area contributed by atoms with Gasteiger partial charge in [0.05, 0.1) is 18.2 Å². The summed E-state index contributed by atoms with van der Waals surface area (Å²) in [5, 5.41) is 16.9. The van der Waals surface area contributed by atoms with Crippen molar-refractivity contribution in [2.75, 3.05) is 18.0 Å². The van der Waals surface area contributed by atoms with Gasteiger partial charge in [-0.05, 0) is 24.5 Å². The molecule has 0 aliphatic carbocycles. The van der Waals surface area contributed by atoms with E-state index in [1.807, 2.05) is 17.0 Å². The molecule has 2 heterocycles. The maximum absolute atomic E-state index is 12.8. The summed E-state index contributed by atoms with van der Waals surface area (Å²) in [7, 11) is 1.46. The highest BCUT2D eigenvalue weighted by atomic mass is 16.2. The second-order valence-corrected chi connectivity index (χ2v) is 6.55. The van der Waals surface area contributed by atoms with Gasteiger partial charge in [0, 0.05) is 38.3 Å². The van der Waals surface area contributed by atoms with Crippen LogP contribution in [0.2, 0.25) is 0 Å². The first kappa shape index (κ1) is 17.7. The zero-order chi connectivity index (χ0) is 18.7. The Bertz CT molecular complexity index is 983. The third kappa shape index (κ3) is 3.31. The normalized spacial score (nSPS) is 16.9. The average Bonchev–Trinajstić information content (AvgIpc) is 2.68. The van der Waals surface area contributed by atoms with Crippen LogP contribution in [-0.2, 0) is 13.6 Å². The van der Waals surface area contributed by atoms with Crippen LogP contribution in [0.5, 0.6) is 0 Å². The SMILES string of the molecule is Cn1c(=O)cc(N2CCCC(C=N)C2)n(Cc2ccccc2C#N)c1=O. The van der Waals surface area contributed by atoms with Gasteiger partial charge in [-0.15, -0.1) is 0 Å². The van der Waals surface area contributed by atoms with Crippen LogP contribution >= 0.6 is 0 Å². The summed E-state index contributed by atoms with van der Waals surface area (Å²) >= 11 is 0. The second kappa shape index (κ2) is 7.40. The zero-order valence-corrected chi connectivity index (χ0v) is 14.7. The molecular weight excluding hydrogens is 330 g/mol. The molecule has 1 aromatic heterocycles. The number of rotatable bonds is 4. The highest BCUT2D eigenvalue weighted by Gasteiger charge is 2.22. The molecule has 0 saturated carbocycles. The van der Waals surface area contributed by atoms with Crippen LogP contribution in [0.4, 0.5) is 5.82 Å². The molecular formula is C19H21N5O2. The summed E-state index contributed by atoms with van der Waals surface area (Å²) in [5.41, 5.74) is 0.483. The Morgan fingerprint density at radius 2 is 2.12 bits per heavy atom. The van der Waals surface area contributed by atoms with Gasteiger partial charge in [0.1, 0.15) is 5.82 Å². The van der Waals surface area contributed by atoms with E-state index in [-0.39, 0.29) is 18.0 Å². The standard InChI is InChI=1S/C19H21N5O2/c1-22-18(25)9-17(23-8-4-5-14(10-20)12-23)24(19(22)26)13-16-7-3-2-6-15(16)11-21/h2-3,6-7,9-10,14,20H,4-5,8,12-13H2,1H3. The smallest absolute Gasteiger partial charge is 0.332 e. The van der Waals surface area contributed by atoms with Gasteiger partial charge in [0.25, 0.3) is 5.56 Å². The third-order valence-electron chi connectivity index (χ3n) is 4.86. The molecule has 1 N–H and O–H groups in total. The molecule has 1 saturated heterocycles. The largest absolute Gasteiger partial charge is 0.357 e. The van der Waals surface area contributed by atoms with Crippen molar-refractivity contribution in [3.63, 3.8) is 0 Å². The lowest BCUT2D eigenvalue weighted by molar-refractivity contribution is 0.496. The van der Waals surface area contributed by atoms with Crippen molar-refractivity contribution >= 4 is 12.0 Å². The van der Waals surface area contributed by atoms with Gasteiger partial charge in [0.15, 0.2) is 0 Å². The third-order valence-corrected chi connectivity index (χ3v) is 4.86. The van der Waals surface area contributed by atoms with E-state index in [1.165, 1.54) is 19.3 Å².